The van der Waals surface area contributed by atoms with Crippen molar-refractivity contribution in [2.24, 2.45) is 0 Å². The summed E-state index contributed by atoms with van der Waals surface area (Å²) in [6, 6.07) is 3.27. The summed E-state index contributed by atoms with van der Waals surface area (Å²) in [4.78, 5) is 11.0. The first-order valence-electron chi connectivity index (χ1n) is 6.93. The molecule has 1 aliphatic heterocycles. The number of hydrogen-bond donors (Lipinski definition) is 1. The Bertz CT molecular complexity index is 725. The van der Waals surface area contributed by atoms with Gasteiger partial charge in [-0.15, -0.1) is 0 Å². The van der Waals surface area contributed by atoms with Gasteiger partial charge in [0.25, 0.3) is 0 Å². The zero-order chi connectivity index (χ0) is 15.7. The lowest BCUT2D eigenvalue weighted by molar-refractivity contribution is 0.0652. The summed E-state index contributed by atoms with van der Waals surface area (Å²) in [6.45, 7) is 3.18. The van der Waals surface area contributed by atoms with Crippen LogP contribution in [0.2, 0.25) is 0 Å². The fourth-order valence-corrected chi connectivity index (χ4v) is 2.95. The molecule has 6 nitrogen and oxygen atoms in total. The number of ether oxygens (including phenoxy) is 2. The second-order valence-electron chi connectivity index (χ2n) is 4.83. The van der Waals surface area contributed by atoms with Crippen LogP contribution in [0.25, 0.3) is 11.3 Å². The van der Waals surface area contributed by atoms with E-state index in [9.17, 15) is 4.79 Å². The predicted octanol–water partition coefficient (Wildman–Crippen LogP) is 3.53. The highest BCUT2D eigenvalue weighted by Crippen LogP contribution is 2.45. The Hall–Kier alpha value is -2.02. The minimum Gasteiger partial charge on any atom is -0.489 e. The number of aromatic carboxylic acids is 1. The molecule has 2 heterocycles. The van der Waals surface area contributed by atoms with E-state index in [1.165, 1.54) is 6.07 Å². The van der Waals surface area contributed by atoms with Gasteiger partial charge >= 0.3 is 5.97 Å². The molecule has 0 aliphatic carbocycles. The molecule has 116 valence electrons. The van der Waals surface area contributed by atoms with Gasteiger partial charge in [0.2, 0.25) is 5.76 Å². The maximum Gasteiger partial charge on any atom is 0.374 e. The average Bonchev–Trinajstić information content (AvgIpc) is 2.86. The smallest absolute Gasteiger partial charge is 0.374 e. The molecule has 0 bridgehead atoms. The third-order valence-corrected chi connectivity index (χ3v) is 4.01. The highest BCUT2D eigenvalue weighted by Gasteiger charge is 2.23. The molecule has 22 heavy (non-hydrogen) atoms. The third kappa shape index (κ3) is 2.56. The van der Waals surface area contributed by atoms with Crippen molar-refractivity contribution in [2.45, 2.75) is 19.8 Å². The number of nitrogens with zero attached hydrogens (tertiary/aromatic N) is 1. The Kier molecular flexibility index (Phi) is 4.06. The van der Waals surface area contributed by atoms with Gasteiger partial charge in [0.05, 0.1) is 17.7 Å². The van der Waals surface area contributed by atoms with E-state index in [-0.39, 0.29) is 5.76 Å². The summed E-state index contributed by atoms with van der Waals surface area (Å²) < 4.78 is 17.2. The van der Waals surface area contributed by atoms with Crippen LogP contribution in [0.15, 0.2) is 21.1 Å². The first-order valence-corrected chi connectivity index (χ1v) is 7.72. The Morgan fingerprint density at radius 2 is 2.05 bits per heavy atom. The molecule has 0 saturated heterocycles. The molecule has 1 N–H and O–H groups in total. The molecule has 0 radical (unpaired) electrons. The number of benzene rings is 1. The molecule has 2 aromatic rings. The highest BCUT2D eigenvalue weighted by atomic mass is 79.9. The van der Waals surface area contributed by atoms with Crippen LogP contribution >= 0.6 is 15.9 Å². The quantitative estimate of drug-likeness (QED) is 0.893. The summed E-state index contributed by atoms with van der Waals surface area (Å²) in [7, 11) is 0. The molecule has 0 atom stereocenters. The third-order valence-electron chi connectivity index (χ3n) is 3.43. The zero-order valence-corrected chi connectivity index (χ0v) is 13.5. The van der Waals surface area contributed by atoms with Crippen LogP contribution in [0.5, 0.6) is 11.5 Å². The van der Waals surface area contributed by atoms with Crippen molar-refractivity contribution in [3.63, 3.8) is 0 Å². The Balaban J connectivity index is 2.16. The minimum absolute atomic E-state index is 0.194. The molecule has 1 aromatic heterocycles. The standard InChI is InChI=1S/C15H14BrNO5/c1-2-8-9(11-7-12(15(18)19)22-17-11)6-10(16)14-13(8)20-4-3-5-21-14/h6-7H,2-5H2,1H3,(H,18,19). The molecular weight excluding hydrogens is 354 g/mol. The molecule has 7 heteroatoms. The number of fused-ring (bicyclic) bond motifs is 1. The molecule has 0 unspecified atom stereocenters. The number of aromatic nitrogens is 1. The number of rotatable bonds is 3. The van der Waals surface area contributed by atoms with Crippen molar-refractivity contribution in [3.8, 4) is 22.8 Å². The maximum atomic E-state index is 11.0. The van der Waals surface area contributed by atoms with Crippen molar-refractivity contribution in [1.29, 1.82) is 0 Å². The molecular formula is C15H14BrNO5. The van der Waals surface area contributed by atoms with Crippen LogP contribution in [-0.2, 0) is 6.42 Å². The van der Waals surface area contributed by atoms with Gasteiger partial charge in [0, 0.05) is 23.6 Å². The highest BCUT2D eigenvalue weighted by molar-refractivity contribution is 9.10. The second kappa shape index (κ2) is 6.00. The Morgan fingerprint density at radius 1 is 1.32 bits per heavy atom. The van der Waals surface area contributed by atoms with Crippen LogP contribution in [0.1, 0.15) is 29.5 Å². The van der Waals surface area contributed by atoms with Gasteiger partial charge < -0.3 is 19.1 Å². The van der Waals surface area contributed by atoms with Gasteiger partial charge in [0.1, 0.15) is 5.69 Å². The number of hydrogen-bond acceptors (Lipinski definition) is 5. The van der Waals surface area contributed by atoms with Gasteiger partial charge in [-0.1, -0.05) is 12.1 Å². The molecule has 0 saturated carbocycles. The summed E-state index contributed by atoms with van der Waals surface area (Å²) in [5, 5.41) is 12.8. The van der Waals surface area contributed by atoms with Gasteiger partial charge in [-0.05, 0) is 28.4 Å². The topological polar surface area (TPSA) is 81.8 Å². The fourth-order valence-electron chi connectivity index (χ4n) is 2.42. The van der Waals surface area contributed by atoms with Gasteiger partial charge in [-0.3, -0.25) is 0 Å². The molecule has 0 spiro atoms. The Labute approximate surface area is 135 Å². The molecule has 1 aliphatic rings. The van der Waals surface area contributed by atoms with E-state index < -0.39 is 5.97 Å². The monoisotopic (exact) mass is 367 g/mol. The van der Waals surface area contributed by atoms with Gasteiger partial charge in [-0.25, -0.2) is 4.79 Å². The lowest BCUT2D eigenvalue weighted by Crippen LogP contribution is -2.00. The van der Waals surface area contributed by atoms with Crippen LogP contribution in [0.3, 0.4) is 0 Å². The number of carboxylic acid groups (broad SMARTS) is 1. The SMILES string of the molecule is CCc1c(-c2cc(C(=O)O)on2)cc(Br)c2c1OCCCO2. The van der Waals surface area contributed by atoms with Crippen molar-refractivity contribution in [1.82, 2.24) is 5.16 Å². The molecule has 0 fully saturated rings. The normalized spacial score (nSPS) is 13.7. The largest absolute Gasteiger partial charge is 0.489 e. The lowest BCUT2D eigenvalue weighted by atomic mass is 10.0. The van der Waals surface area contributed by atoms with E-state index in [1.54, 1.807) is 0 Å². The lowest BCUT2D eigenvalue weighted by Gasteiger charge is -2.16. The molecule has 1 aromatic carbocycles. The van der Waals surface area contributed by atoms with Crippen LogP contribution in [0.4, 0.5) is 0 Å². The van der Waals surface area contributed by atoms with E-state index in [0.29, 0.717) is 36.8 Å². The summed E-state index contributed by atoms with van der Waals surface area (Å²) in [6.07, 6.45) is 1.51. The van der Waals surface area contributed by atoms with E-state index >= 15 is 0 Å². The minimum atomic E-state index is -1.15. The number of carbonyl (C=O) groups is 1. The van der Waals surface area contributed by atoms with Crippen molar-refractivity contribution in [3.05, 3.63) is 27.9 Å². The predicted molar refractivity (Wildman–Crippen MR) is 81.6 cm³/mol. The average molecular weight is 368 g/mol. The number of halogens is 1. The first kappa shape index (κ1) is 14.9. The van der Waals surface area contributed by atoms with E-state index in [2.05, 4.69) is 21.1 Å². The van der Waals surface area contributed by atoms with Crippen molar-refractivity contribution >= 4 is 21.9 Å². The zero-order valence-electron chi connectivity index (χ0n) is 11.9. The summed E-state index contributed by atoms with van der Waals surface area (Å²) in [5.74, 6) is 0.0230. The maximum absolute atomic E-state index is 11.0. The van der Waals surface area contributed by atoms with Crippen molar-refractivity contribution < 1.29 is 23.9 Å². The van der Waals surface area contributed by atoms with Gasteiger partial charge in [0.15, 0.2) is 11.5 Å². The van der Waals surface area contributed by atoms with Gasteiger partial charge in [-0.2, -0.15) is 0 Å². The Morgan fingerprint density at radius 3 is 2.68 bits per heavy atom. The number of carboxylic acids is 1. The first-order chi connectivity index (χ1) is 10.6. The fraction of sp³-hybridized carbons (Fsp3) is 0.333. The van der Waals surface area contributed by atoms with Crippen LogP contribution in [0, 0.1) is 0 Å². The van der Waals surface area contributed by atoms with Crippen molar-refractivity contribution in [2.75, 3.05) is 13.2 Å². The second-order valence-corrected chi connectivity index (χ2v) is 5.68. The van der Waals surface area contributed by atoms with Crippen LogP contribution in [-0.4, -0.2) is 29.4 Å². The van der Waals surface area contributed by atoms with Crippen LogP contribution < -0.4 is 9.47 Å². The summed E-state index contributed by atoms with van der Waals surface area (Å²) in [5.41, 5.74) is 2.16. The summed E-state index contributed by atoms with van der Waals surface area (Å²) >= 11 is 3.48. The van der Waals surface area contributed by atoms with E-state index in [4.69, 9.17) is 19.1 Å². The molecule has 0 amide bonds. The van der Waals surface area contributed by atoms with E-state index in [0.717, 1.165) is 22.0 Å². The van der Waals surface area contributed by atoms with E-state index in [1.807, 2.05) is 13.0 Å². The molecule has 3 rings (SSSR count).